The first kappa shape index (κ1) is 27.7. The third-order valence-electron chi connectivity index (χ3n) is 9.53. The van der Waals surface area contributed by atoms with E-state index in [9.17, 15) is 4.79 Å². The molecule has 0 radical (unpaired) electrons. The van der Waals surface area contributed by atoms with Crippen molar-refractivity contribution >= 4 is 10.9 Å². The van der Waals surface area contributed by atoms with E-state index in [1.165, 1.54) is 35.1 Å². The zero-order valence-corrected chi connectivity index (χ0v) is 25.0. The van der Waals surface area contributed by atoms with Crippen LogP contribution in [0.3, 0.4) is 0 Å². The molecule has 220 valence electrons. The third kappa shape index (κ3) is 5.41. The summed E-state index contributed by atoms with van der Waals surface area (Å²) in [6, 6.07) is 27.9. The number of nitrogens with one attached hydrogen (secondary N) is 1. The zero-order chi connectivity index (χ0) is 29.3. The maximum absolute atomic E-state index is 13.8. The number of pyridine rings is 1. The summed E-state index contributed by atoms with van der Waals surface area (Å²) >= 11 is 0. The highest BCUT2D eigenvalue weighted by atomic mass is 16.1. The van der Waals surface area contributed by atoms with Crippen LogP contribution in [0.5, 0.6) is 0 Å². The van der Waals surface area contributed by atoms with Crippen molar-refractivity contribution in [1.29, 1.82) is 0 Å². The number of aromatic nitrogens is 5. The highest BCUT2D eigenvalue weighted by Crippen LogP contribution is 2.36. The lowest BCUT2D eigenvalue weighted by molar-refractivity contribution is 0.0850. The minimum atomic E-state index is -0.334. The molecule has 2 fully saturated rings. The number of aryl methyl sites for hydroxylation is 2. The van der Waals surface area contributed by atoms with E-state index < -0.39 is 0 Å². The first-order valence-electron chi connectivity index (χ1n) is 15.6. The highest BCUT2D eigenvalue weighted by molar-refractivity contribution is 5.81. The van der Waals surface area contributed by atoms with Crippen molar-refractivity contribution in [2.45, 2.75) is 57.7 Å². The van der Waals surface area contributed by atoms with Crippen molar-refractivity contribution in [3.63, 3.8) is 0 Å². The number of tetrazole rings is 1. The molecule has 1 N–H and O–H groups in total. The molecule has 1 saturated carbocycles. The standard InChI is InChI=1S/C35H39N7O/c1-24-21-28-23-30(35(43)36-31(28)22-25(24)2)33(34-37-38-39-42(34)29-15-9-10-16-29)41-19-17-40(18-20-41)32(26-11-5-3-6-12-26)27-13-7-4-8-14-27/h3-8,11-14,21-23,29,32-33H,9-10,15-20H2,1-2H3,(H,36,43). The number of hydrogen-bond acceptors (Lipinski definition) is 6. The van der Waals surface area contributed by atoms with Crippen molar-refractivity contribution in [3.05, 3.63) is 123 Å². The second-order valence-electron chi connectivity index (χ2n) is 12.2. The van der Waals surface area contributed by atoms with E-state index in [0.29, 0.717) is 5.56 Å². The summed E-state index contributed by atoms with van der Waals surface area (Å²) in [7, 11) is 0. The van der Waals surface area contributed by atoms with Gasteiger partial charge in [-0.05, 0) is 83.0 Å². The minimum Gasteiger partial charge on any atom is -0.322 e. The monoisotopic (exact) mass is 573 g/mol. The summed E-state index contributed by atoms with van der Waals surface area (Å²) in [4.78, 5) is 22.0. The summed E-state index contributed by atoms with van der Waals surface area (Å²) < 4.78 is 2.02. The molecule has 2 aromatic heterocycles. The van der Waals surface area contributed by atoms with Gasteiger partial charge in [0.25, 0.3) is 5.56 Å². The lowest BCUT2D eigenvalue weighted by Crippen LogP contribution is -2.50. The van der Waals surface area contributed by atoms with Crippen molar-refractivity contribution < 1.29 is 0 Å². The lowest BCUT2D eigenvalue weighted by atomic mass is 9.95. The van der Waals surface area contributed by atoms with Crippen molar-refractivity contribution in [2.24, 2.45) is 0 Å². The van der Waals surface area contributed by atoms with Crippen molar-refractivity contribution in [3.8, 4) is 0 Å². The van der Waals surface area contributed by atoms with E-state index in [4.69, 9.17) is 0 Å². The Hall–Kier alpha value is -4.14. The molecule has 7 rings (SSSR count). The molecule has 1 saturated heterocycles. The summed E-state index contributed by atoms with van der Waals surface area (Å²) in [5.41, 5.74) is 6.46. The predicted octanol–water partition coefficient (Wildman–Crippen LogP) is 5.74. The average molecular weight is 574 g/mol. The molecule has 1 unspecified atom stereocenters. The maximum atomic E-state index is 13.8. The van der Waals surface area contributed by atoms with Gasteiger partial charge in [-0.3, -0.25) is 14.6 Å². The van der Waals surface area contributed by atoms with Crippen LogP contribution in [-0.4, -0.2) is 61.2 Å². The quantitative estimate of drug-likeness (QED) is 0.267. The van der Waals surface area contributed by atoms with Gasteiger partial charge in [-0.2, -0.15) is 0 Å². The van der Waals surface area contributed by atoms with E-state index in [2.05, 4.69) is 123 Å². The van der Waals surface area contributed by atoms with Crippen LogP contribution >= 0.6 is 0 Å². The SMILES string of the molecule is Cc1cc2cc(C(c3nnnn3C3CCCC3)N3CCN(C(c4ccccc4)c4ccccc4)CC3)c(=O)[nH]c2cc1C. The molecule has 8 heteroatoms. The van der Waals surface area contributed by atoms with Gasteiger partial charge in [0.1, 0.15) is 6.04 Å². The fourth-order valence-corrected chi connectivity index (χ4v) is 7.12. The normalized spacial score (nSPS) is 17.7. The highest BCUT2D eigenvalue weighted by Gasteiger charge is 2.36. The van der Waals surface area contributed by atoms with E-state index in [0.717, 1.165) is 55.7 Å². The van der Waals surface area contributed by atoms with Gasteiger partial charge < -0.3 is 4.98 Å². The Kier molecular flexibility index (Phi) is 7.63. The fraction of sp³-hybridized carbons (Fsp3) is 0.371. The Balaban J connectivity index is 1.26. The van der Waals surface area contributed by atoms with Crippen LogP contribution in [0.15, 0.2) is 83.7 Å². The second kappa shape index (κ2) is 11.9. The van der Waals surface area contributed by atoms with E-state index >= 15 is 0 Å². The van der Waals surface area contributed by atoms with Gasteiger partial charge in [0.15, 0.2) is 5.82 Å². The number of hydrogen-bond donors (Lipinski definition) is 1. The van der Waals surface area contributed by atoms with Crippen LogP contribution in [0.1, 0.15) is 77.5 Å². The number of aromatic amines is 1. The van der Waals surface area contributed by atoms with E-state index in [-0.39, 0.29) is 23.7 Å². The van der Waals surface area contributed by atoms with Crippen molar-refractivity contribution in [1.82, 2.24) is 35.0 Å². The molecule has 5 aromatic rings. The van der Waals surface area contributed by atoms with Gasteiger partial charge in [0.05, 0.1) is 12.1 Å². The molecule has 1 atom stereocenters. The minimum absolute atomic E-state index is 0.0735. The fourth-order valence-electron chi connectivity index (χ4n) is 7.12. The molecule has 3 aromatic carbocycles. The van der Waals surface area contributed by atoms with E-state index in [1.807, 2.05) is 4.68 Å². The van der Waals surface area contributed by atoms with Gasteiger partial charge >= 0.3 is 0 Å². The van der Waals surface area contributed by atoms with Crippen LogP contribution in [-0.2, 0) is 0 Å². The second-order valence-corrected chi connectivity index (χ2v) is 12.2. The number of benzene rings is 3. The molecular weight excluding hydrogens is 534 g/mol. The summed E-state index contributed by atoms with van der Waals surface area (Å²) in [6.07, 6.45) is 4.51. The van der Waals surface area contributed by atoms with Gasteiger partial charge in [0, 0.05) is 37.3 Å². The molecule has 0 spiro atoms. The van der Waals surface area contributed by atoms with Crippen LogP contribution in [0.2, 0.25) is 0 Å². The predicted molar refractivity (Wildman–Crippen MR) is 169 cm³/mol. The van der Waals surface area contributed by atoms with Crippen LogP contribution in [0.4, 0.5) is 0 Å². The Labute approximate surface area is 252 Å². The molecule has 1 aliphatic heterocycles. The zero-order valence-electron chi connectivity index (χ0n) is 25.0. The summed E-state index contributed by atoms with van der Waals surface area (Å²) in [5.74, 6) is 0.775. The number of fused-ring (bicyclic) bond motifs is 1. The molecule has 3 heterocycles. The molecule has 8 nitrogen and oxygen atoms in total. The van der Waals surface area contributed by atoms with Crippen LogP contribution in [0, 0.1) is 13.8 Å². The average Bonchev–Trinajstić information content (AvgIpc) is 3.74. The first-order chi connectivity index (χ1) is 21.1. The topological polar surface area (TPSA) is 82.9 Å². The Morgan fingerprint density at radius 1 is 0.767 bits per heavy atom. The van der Waals surface area contributed by atoms with Crippen LogP contribution < -0.4 is 5.56 Å². The number of piperazine rings is 1. The third-order valence-corrected chi connectivity index (χ3v) is 9.53. The molecule has 0 bridgehead atoms. The van der Waals surface area contributed by atoms with Crippen LogP contribution in [0.25, 0.3) is 10.9 Å². The molecular formula is C35H39N7O. The smallest absolute Gasteiger partial charge is 0.253 e. The van der Waals surface area contributed by atoms with Gasteiger partial charge in [0.2, 0.25) is 0 Å². The van der Waals surface area contributed by atoms with Gasteiger partial charge in [-0.1, -0.05) is 73.5 Å². The van der Waals surface area contributed by atoms with Gasteiger partial charge in [-0.15, -0.1) is 5.10 Å². The Morgan fingerprint density at radius 2 is 1.35 bits per heavy atom. The Morgan fingerprint density at radius 3 is 1.98 bits per heavy atom. The number of nitrogens with zero attached hydrogens (tertiary/aromatic N) is 6. The maximum Gasteiger partial charge on any atom is 0.253 e. The van der Waals surface area contributed by atoms with Crippen molar-refractivity contribution in [2.75, 3.05) is 26.2 Å². The van der Waals surface area contributed by atoms with Gasteiger partial charge in [-0.25, -0.2) is 4.68 Å². The molecule has 0 amide bonds. The first-order valence-corrected chi connectivity index (χ1v) is 15.6. The summed E-state index contributed by atoms with van der Waals surface area (Å²) in [6.45, 7) is 7.51. The largest absolute Gasteiger partial charge is 0.322 e. The summed E-state index contributed by atoms with van der Waals surface area (Å²) in [5, 5.41) is 14.3. The Bertz CT molecular complexity index is 1710. The lowest BCUT2D eigenvalue weighted by Gasteiger charge is -2.42. The molecule has 2 aliphatic rings. The number of rotatable bonds is 7. The molecule has 1 aliphatic carbocycles. The van der Waals surface area contributed by atoms with E-state index in [1.54, 1.807) is 0 Å². The molecule has 43 heavy (non-hydrogen) atoms. The number of H-pyrrole nitrogens is 1.